The Labute approximate surface area is 107 Å². The Morgan fingerprint density at radius 3 is 3.28 bits per heavy atom. The van der Waals surface area contributed by atoms with Crippen molar-refractivity contribution < 1.29 is 14.6 Å². The average Bonchev–Trinajstić information content (AvgIpc) is 2.74. The molecule has 1 unspecified atom stereocenters. The molecule has 1 atom stereocenters. The fraction of sp³-hybridized carbons (Fsp3) is 0.615. The maximum Gasteiger partial charge on any atom is 0.240 e. The highest BCUT2D eigenvalue weighted by Crippen LogP contribution is 2.30. The van der Waals surface area contributed by atoms with Crippen molar-refractivity contribution in [1.82, 2.24) is 9.88 Å². The second-order valence-corrected chi connectivity index (χ2v) is 4.60. The van der Waals surface area contributed by atoms with Crippen LogP contribution in [0.3, 0.4) is 0 Å². The van der Waals surface area contributed by atoms with Gasteiger partial charge in [0, 0.05) is 31.1 Å². The van der Waals surface area contributed by atoms with Crippen LogP contribution in [0, 0.1) is 0 Å². The van der Waals surface area contributed by atoms with Crippen LogP contribution in [0.5, 0.6) is 0 Å². The lowest BCUT2D eigenvalue weighted by atomic mass is 9.95. The highest BCUT2D eigenvalue weighted by molar-refractivity contribution is 5.75. The van der Waals surface area contributed by atoms with Gasteiger partial charge in [0.1, 0.15) is 6.54 Å². The summed E-state index contributed by atoms with van der Waals surface area (Å²) in [5, 5.41) is 12.6. The molecule has 5 heteroatoms. The molecule has 2 N–H and O–H groups in total. The summed E-state index contributed by atoms with van der Waals surface area (Å²) in [5.41, 5.74) is 2.07. The number of carbonyl (C=O) groups excluding carboxylic acids is 1. The first-order valence-electron chi connectivity index (χ1n) is 6.34. The summed E-state index contributed by atoms with van der Waals surface area (Å²) in [6.45, 7) is 1.36. The minimum absolute atomic E-state index is 0.0227. The monoisotopic (exact) mass is 252 g/mol. The van der Waals surface area contributed by atoms with E-state index in [1.54, 1.807) is 7.11 Å². The first kappa shape index (κ1) is 13.1. The third-order valence-corrected chi connectivity index (χ3v) is 3.31. The van der Waals surface area contributed by atoms with E-state index in [4.69, 9.17) is 4.74 Å². The second-order valence-electron chi connectivity index (χ2n) is 4.60. The van der Waals surface area contributed by atoms with Gasteiger partial charge in [-0.15, -0.1) is 0 Å². The molecular weight excluding hydrogens is 232 g/mol. The van der Waals surface area contributed by atoms with Crippen LogP contribution in [0.2, 0.25) is 0 Å². The normalized spacial score (nSPS) is 18.4. The summed E-state index contributed by atoms with van der Waals surface area (Å²) in [6, 6.07) is 1.92. The van der Waals surface area contributed by atoms with Crippen LogP contribution in [0.4, 0.5) is 0 Å². The molecule has 0 radical (unpaired) electrons. The van der Waals surface area contributed by atoms with Crippen molar-refractivity contribution in [1.29, 1.82) is 0 Å². The number of ether oxygens (including phenoxy) is 1. The van der Waals surface area contributed by atoms with Gasteiger partial charge in [-0.05, 0) is 25.3 Å². The number of amides is 1. The highest BCUT2D eigenvalue weighted by Gasteiger charge is 2.21. The lowest BCUT2D eigenvalue weighted by Crippen LogP contribution is -2.30. The van der Waals surface area contributed by atoms with Crippen LogP contribution in [0.1, 0.15) is 30.2 Å². The number of hydrogen-bond donors (Lipinski definition) is 2. The Morgan fingerprint density at radius 1 is 1.67 bits per heavy atom. The lowest BCUT2D eigenvalue weighted by Gasteiger charge is -2.20. The lowest BCUT2D eigenvalue weighted by molar-refractivity contribution is -0.121. The Morgan fingerprint density at radius 2 is 2.50 bits per heavy atom. The van der Waals surface area contributed by atoms with Gasteiger partial charge in [-0.2, -0.15) is 0 Å². The predicted molar refractivity (Wildman–Crippen MR) is 67.2 cm³/mol. The maximum absolute atomic E-state index is 11.7. The predicted octanol–water partition coefficient (Wildman–Crippen LogP) is 0.620. The fourth-order valence-electron chi connectivity index (χ4n) is 2.38. The minimum atomic E-state index is -0.369. The van der Waals surface area contributed by atoms with E-state index in [0.29, 0.717) is 19.7 Å². The number of aromatic nitrogens is 1. The Balaban J connectivity index is 1.96. The molecule has 1 heterocycles. The molecule has 1 aliphatic rings. The molecule has 1 aliphatic carbocycles. The molecule has 1 aromatic heterocycles. The van der Waals surface area contributed by atoms with Crippen molar-refractivity contribution in [3.05, 3.63) is 23.5 Å². The number of fused-ring (bicyclic) bond motifs is 1. The van der Waals surface area contributed by atoms with Crippen molar-refractivity contribution in [2.45, 2.75) is 31.9 Å². The number of aliphatic hydroxyl groups excluding tert-OH is 1. The van der Waals surface area contributed by atoms with Crippen LogP contribution < -0.4 is 5.32 Å². The summed E-state index contributed by atoms with van der Waals surface area (Å²) in [4.78, 5) is 11.7. The zero-order valence-electron chi connectivity index (χ0n) is 10.7. The van der Waals surface area contributed by atoms with Crippen molar-refractivity contribution >= 4 is 5.91 Å². The standard InChI is InChI=1S/C13H20N2O3/c1-18-8-6-14-13(17)9-15-7-5-10-11(15)3-2-4-12(10)16/h5,7,12,16H,2-4,6,8-9H2,1H3,(H,14,17). The fourth-order valence-corrected chi connectivity index (χ4v) is 2.38. The van der Waals surface area contributed by atoms with E-state index in [2.05, 4.69) is 5.32 Å². The third-order valence-electron chi connectivity index (χ3n) is 3.31. The van der Waals surface area contributed by atoms with Crippen LogP contribution in [0.25, 0.3) is 0 Å². The number of aliphatic hydroxyl groups is 1. The summed E-state index contributed by atoms with van der Waals surface area (Å²) in [7, 11) is 1.61. The molecule has 0 fully saturated rings. The number of nitrogens with zero attached hydrogens (tertiary/aromatic N) is 1. The van der Waals surface area contributed by atoms with Gasteiger partial charge in [0.25, 0.3) is 0 Å². The van der Waals surface area contributed by atoms with E-state index >= 15 is 0 Å². The zero-order valence-corrected chi connectivity index (χ0v) is 10.7. The molecule has 1 amide bonds. The van der Waals surface area contributed by atoms with Gasteiger partial charge in [-0.25, -0.2) is 0 Å². The summed E-state index contributed by atoms with van der Waals surface area (Å²) in [5.74, 6) is -0.0227. The van der Waals surface area contributed by atoms with Crippen molar-refractivity contribution in [2.75, 3.05) is 20.3 Å². The van der Waals surface area contributed by atoms with Crippen LogP contribution in [0.15, 0.2) is 12.3 Å². The van der Waals surface area contributed by atoms with Crippen molar-refractivity contribution in [3.63, 3.8) is 0 Å². The second kappa shape index (κ2) is 6.02. The quantitative estimate of drug-likeness (QED) is 0.755. The molecule has 0 aromatic carbocycles. The van der Waals surface area contributed by atoms with Gasteiger partial charge in [0.2, 0.25) is 5.91 Å². The largest absolute Gasteiger partial charge is 0.388 e. The van der Waals surface area contributed by atoms with Crippen LogP contribution >= 0.6 is 0 Å². The molecule has 100 valence electrons. The maximum atomic E-state index is 11.7. The molecular formula is C13H20N2O3. The van der Waals surface area contributed by atoms with E-state index in [1.165, 1.54) is 0 Å². The number of rotatable bonds is 5. The van der Waals surface area contributed by atoms with E-state index in [1.807, 2.05) is 16.8 Å². The van der Waals surface area contributed by atoms with Gasteiger partial charge in [-0.1, -0.05) is 0 Å². The zero-order chi connectivity index (χ0) is 13.0. The Kier molecular flexibility index (Phi) is 4.38. The van der Waals surface area contributed by atoms with E-state index in [-0.39, 0.29) is 12.0 Å². The topological polar surface area (TPSA) is 63.5 Å². The van der Waals surface area contributed by atoms with Gasteiger partial charge in [0.15, 0.2) is 0 Å². The molecule has 0 aliphatic heterocycles. The van der Waals surface area contributed by atoms with Gasteiger partial charge in [-0.3, -0.25) is 4.79 Å². The SMILES string of the molecule is COCCNC(=O)Cn1ccc2c1CCCC2O. The van der Waals surface area contributed by atoms with Crippen LogP contribution in [-0.2, 0) is 22.5 Å². The molecule has 0 saturated carbocycles. The number of methoxy groups -OCH3 is 1. The third kappa shape index (κ3) is 2.91. The van der Waals surface area contributed by atoms with Crippen molar-refractivity contribution in [2.24, 2.45) is 0 Å². The average molecular weight is 252 g/mol. The van der Waals surface area contributed by atoms with E-state index in [9.17, 15) is 9.90 Å². The minimum Gasteiger partial charge on any atom is -0.388 e. The first-order chi connectivity index (χ1) is 8.72. The van der Waals surface area contributed by atoms with Gasteiger partial charge < -0.3 is 19.7 Å². The van der Waals surface area contributed by atoms with Gasteiger partial charge >= 0.3 is 0 Å². The summed E-state index contributed by atoms with van der Waals surface area (Å²) < 4.78 is 6.81. The summed E-state index contributed by atoms with van der Waals surface area (Å²) >= 11 is 0. The van der Waals surface area contributed by atoms with Crippen molar-refractivity contribution in [3.8, 4) is 0 Å². The highest BCUT2D eigenvalue weighted by atomic mass is 16.5. The Bertz CT molecular complexity index is 414. The molecule has 2 rings (SSSR count). The van der Waals surface area contributed by atoms with Gasteiger partial charge in [0.05, 0.1) is 12.7 Å². The Hall–Kier alpha value is -1.33. The molecule has 1 aromatic rings. The molecule has 5 nitrogen and oxygen atoms in total. The van der Waals surface area contributed by atoms with E-state index < -0.39 is 0 Å². The molecule has 0 spiro atoms. The summed E-state index contributed by atoms with van der Waals surface area (Å²) in [6.07, 6.45) is 4.24. The number of carbonyl (C=O) groups is 1. The molecule has 0 bridgehead atoms. The molecule has 18 heavy (non-hydrogen) atoms. The smallest absolute Gasteiger partial charge is 0.240 e. The first-order valence-corrected chi connectivity index (χ1v) is 6.34. The molecule has 0 saturated heterocycles. The van der Waals surface area contributed by atoms with Crippen LogP contribution in [-0.4, -0.2) is 35.8 Å². The number of nitrogens with one attached hydrogen (secondary N) is 1. The number of hydrogen-bond acceptors (Lipinski definition) is 3. The van der Waals surface area contributed by atoms with E-state index in [0.717, 1.165) is 30.5 Å².